The van der Waals surface area contributed by atoms with Crippen molar-refractivity contribution >= 4 is 11.6 Å². The Bertz CT molecular complexity index is 336. The zero-order valence-corrected chi connectivity index (χ0v) is 9.59. The van der Waals surface area contributed by atoms with E-state index in [1.165, 1.54) is 0 Å². The topological polar surface area (TPSA) is 32.3 Å². The number of aliphatic hydroxyl groups is 1. The lowest BCUT2D eigenvalue weighted by molar-refractivity contribution is -0.00439. The van der Waals surface area contributed by atoms with Gasteiger partial charge < -0.3 is 10.4 Å². The third kappa shape index (κ3) is 4.04. The van der Waals surface area contributed by atoms with E-state index in [0.717, 1.165) is 5.56 Å². The Balaban J connectivity index is 2.49. The highest BCUT2D eigenvalue weighted by molar-refractivity contribution is 6.30. The van der Waals surface area contributed by atoms with Crippen LogP contribution in [-0.2, 0) is 0 Å². The van der Waals surface area contributed by atoms with Crippen LogP contribution in [0.15, 0.2) is 24.3 Å². The Kier molecular flexibility index (Phi) is 5.12. The van der Waals surface area contributed by atoms with Crippen LogP contribution in [0, 0.1) is 0 Å². The molecule has 0 amide bonds. The van der Waals surface area contributed by atoms with E-state index in [2.05, 4.69) is 5.32 Å². The highest BCUT2D eigenvalue weighted by Crippen LogP contribution is 2.17. The largest absolute Gasteiger partial charge is 0.386 e. The molecule has 90 valence electrons. The summed E-state index contributed by atoms with van der Waals surface area (Å²) >= 11 is 5.80. The minimum absolute atomic E-state index is 0.132. The molecule has 0 saturated carbocycles. The van der Waals surface area contributed by atoms with E-state index in [9.17, 15) is 8.78 Å². The van der Waals surface area contributed by atoms with Crippen molar-refractivity contribution in [1.82, 2.24) is 5.32 Å². The fourth-order valence-corrected chi connectivity index (χ4v) is 1.48. The van der Waals surface area contributed by atoms with Gasteiger partial charge in [-0.3, -0.25) is 0 Å². The van der Waals surface area contributed by atoms with Gasteiger partial charge >= 0.3 is 0 Å². The van der Waals surface area contributed by atoms with Gasteiger partial charge in [0, 0.05) is 17.6 Å². The molecule has 0 aromatic heterocycles. The van der Waals surface area contributed by atoms with Crippen molar-refractivity contribution in [3.8, 4) is 0 Å². The van der Waals surface area contributed by atoms with E-state index in [1.807, 2.05) is 13.0 Å². The first-order valence-corrected chi connectivity index (χ1v) is 5.33. The predicted molar refractivity (Wildman–Crippen MR) is 59.9 cm³/mol. The van der Waals surface area contributed by atoms with Gasteiger partial charge in [0.15, 0.2) is 0 Å². The van der Waals surface area contributed by atoms with Crippen molar-refractivity contribution in [3.63, 3.8) is 0 Å². The number of hydrogen-bond acceptors (Lipinski definition) is 2. The molecule has 2 unspecified atom stereocenters. The second kappa shape index (κ2) is 6.13. The minimum atomic E-state index is -2.72. The Hall–Kier alpha value is -0.710. The number of hydrogen-bond donors (Lipinski definition) is 2. The first-order valence-electron chi connectivity index (χ1n) is 4.95. The van der Waals surface area contributed by atoms with Crippen molar-refractivity contribution in [1.29, 1.82) is 0 Å². The fraction of sp³-hybridized carbons (Fsp3) is 0.455. The maximum atomic E-state index is 12.0. The standard InChI is InChI=1S/C11H14ClF2NO/c1-7(15-6-10(16)11(13)14)8-3-2-4-9(12)5-8/h2-5,7,10-11,15-16H,6H2,1H3. The monoisotopic (exact) mass is 249 g/mol. The normalized spacial score (nSPS) is 15.1. The molecule has 1 rings (SSSR count). The molecule has 5 heteroatoms. The quantitative estimate of drug-likeness (QED) is 0.841. The van der Waals surface area contributed by atoms with Gasteiger partial charge in [-0.05, 0) is 24.6 Å². The van der Waals surface area contributed by atoms with Crippen LogP contribution in [0.4, 0.5) is 8.78 Å². The summed E-state index contributed by atoms with van der Waals surface area (Å²) in [6.45, 7) is 1.68. The molecular weight excluding hydrogens is 236 g/mol. The summed E-state index contributed by atoms with van der Waals surface area (Å²) in [5.74, 6) is 0. The zero-order chi connectivity index (χ0) is 12.1. The Labute approximate surface area is 98.2 Å². The molecule has 1 aromatic rings. The van der Waals surface area contributed by atoms with Crippen molar-refractivity contribution < 1.29 is 13.9 Å². The molecule has 0 aliphatic carbocycles. The van der Waals surface area contributed by atoms with Gasteiger partial charge in [-0.2, -0.15) is 0 Å². The first-order chi connectivity index (χ1) is 7.50. The maximum Gasteiger partial charge on any atom is 0.265 e. The van der Waals surface area contributed by atoms with Crippen LogP contribution in [0.1, 0.15) is 18.5 Å². The molecule has 0 heterocycles. The highest BCUT2D eigenvalue weighted by Gasteiger charge is 2.17. The molecule has 0 aliphatic rings. The van der Waals surface area contributed by atoms with Crippen LogP contribution in [0.5, 0.6) is 0 Å². The first kappa shape index (κ1) is 13.4. The van der Waals surface area contributed by atoms with Crippen molar-refractivity contribution in [2.24, 2.45) is 0 Å². The number of rotatable bonds is 5. The summed E-state index contributed by atoms with van der Waals surface area (Å²) < 4.78 is 24.1. The fourth-order valence-electron chi connectivity index (χ4n) is 1.28. The smallest absolute Gasteiger partial charge is 0.265 e. The van der Waals surface area contributed by atoms with E-state index in [0.29, 0.717) is 5.02 Å². The lowest BCUT2D eigenvalue weighted by Gasteiger charge is -2.17. The van der Waals surface area contributed by atoms with Gasteiger partial charge in [0.25, 0.3) is 6.43 Å². The average molecular weight is 250 g/mol. The number of aliphatic hydroxyl groups excluding tert-OH is 1. The molecule has 0 bridgehead atoms. The van der Waals surface area contributed by atoms with Crippen molar-refractivity contribution in [2.45, 2.75) is 25.5 Å². The van der Waals surface area contributed by atoms with E-state index < -0.39 is 12.5 Å². The third-order valence-electron chi connectivity index (χ3n) is 2.27. The number of alkyl halides is 2. The molecule has 2 N–H and O–H groups in total. The molecule has 0 spiro atoms. The van der Waals surface area contributed by atoms with Gasteiger partial charge in [0.2, 0.25) is 0 Å². The summed E-state index contributed by atoms with van der Waals surface area (Å²) in [4.78, 5) is 0. The van der Waals surface area contributed by atoms with Crippen LogP contribution < -0.4 is 5.32 Å². The van der Waals surface area contributed by atoms with Crippen molar-refractivity contribution in [2.75, 3.05) is 6.54 Å². The van der Waals surface area contributed by atoms with E-state index in [-0.39, 0.29) is 12.6 Å². The summed E-state index contributed by atoms with van der Waals surface area (Å²) in [5, 5.41) is 12.4. The molecular formula is C11H14ClF2NO. The second-order valence-electron chi connectivity index (χ2n) is 3.59. The summed E-state index contributed by atoms with van der Waals surface area (Å²) in [7, 11) is 0. The van der Waals surface area contributed by atoms with Gasteiger partial charge in [-0.15, -0.1) is 0 Å². The van der Waals surface area contributed by atoms with Crippen LogP contribution in [-0.4, -0.2) is 24.2 Å². The van der Waals surface area contributed by atoms with Crippen LogP contribution in [0.2, 0.25) is 5.02 Å². The molecule has 0 saturated heterocycles. The van der Waals surface area contributed by atoms with E-state index in [1.54, 1.807) is 18.2 Å². The average Bonchev–Trinajstić information content (AvgIpc) is 2.25. The van der Waals surface area contributed by atoms with Crippen LogP contribution in [0.3, 0.4) is 0 Å². The second-order valence-corrected chi connectivity index (χ2v) is 4.02. The lowest BCUT2D eigenvalue weighted by atomic mass is 10.1. The van der Waals surface area contributed by atoms with E-state index >= 15 is 0 Å². The molecule has 2 atom stereocenters. The Morgan fingerprint density at radius 1 is 1.44 bits per heavy atom. The van der Waals surface area contributed by atoms with Crippen LogP contribution >= 0.6 is 11.6 Å². The number of benzene rings is 1. The minimum Gasteiger partial charge on any atom is -0.386 e. The molecule has 2 nitrogen and oxygen atoms in total. The molecule has 0 aliphatic heterocycles. The number of nitrogens with one attached hydrogen (secondary N) is 1. The highest BCUT2D eigenvalue weighted by atomic mass is 35.5. The molecule has 0 fully saturated rings. The Morgan fingerprint density at radius 2 is 2.12 bits per heavy atom. The van der Waals surface area contributed by atoms with Gasteiger partial charge in [0.05, 0.1) is 0 Å². The van der Waals surface area contributed by atoms with Crippen molar-refractivity contribution in [3.05, 3.63) is 34.9 Å². The Morgan fingerprint density at radius 3 is 2.69 bits per heavy atom. The maximum absolute atomic E-state index is 12.0. The van der Waals surface area contributed by atoms with Gasteiger partial charge in [-0.1, -0.05) is 23.7 Å². The third-order valence-corrected chi connectivity index (χ3v) is 2.51. The van der Waals surface area contributed by atoms with Gasteiger partial charge in [0.1, 0.15) is 6.10 Å². The molecule has 1 aromatic carbocycles. The number of halogens is 3. The van der Waals surface area contributed by atoms with Gasteiger partial charge in [-0.25, -0.2) is 8.78 Å². The lowest BCUT2D eigenvalue weighted by Crippen LogP contribution is -2.33. The SMILES string of the molecule is CC(NCC(O)C(F)F)c1cccc(Cl)c1. The molecule has 0 radical (unpaired) electrons. The van der Waals surface area contributed by atoms with E-state index in [4.69, 9.17) is 16.7 Å². The zero-order valence-electron chi connectivity index (χ0n) is 8.83. The predicted octanol–water partition coefficient (Wildman–Crippen LogP) is 2.62. The molecule has 16 heavy (non-hydrogen) atoms. The summed E-state index contributed by atoms with van der Waals surface area (Å²) in [5.41, 5.74) is 0.897. The summed E-state index contributed by atoms with van der Waals surface area (Å²) in [6, 6.07) is 7.00. The summed E-state index contributed by atoms with van der Waals surface area (Å²) in [6.07, 6.45) is -4.36. The van der Waals surface area contributed by atoms with Crippen LogP contribution in [0.25, 0.3) is 0 Å².